The van der Waals surface area contributed by atoms with Crippen LogP contribution in [0.15, 0.2) is 47.5 Å². The number of rotatable bonds is 2. The molecule has 0 unspecified atom stereocenters. The van der Waals surface area contributed by atoms with Crippen molar-refractivity contribution in [2.45, 2.75) is 19.1 Å². The summed E-state index contributed by atoms with van der Waals surface area (Å²) in [6, 6.07) is 12.6. The first-order valence-electron chi connectivity index (χ1n) is 7.78. The Labute approximate surface area is 161 Å². The molecule has 0 aromatic heterocycles. The molecule has 7 heteroatoms. The number of nitrogens with zero attached hydrogens (tertiary/aromatic N) is 2. The van der Waals surface area contributed by atoms with Gasteiger partial charge >= 0.3 is 6.03 Å². The first-order valence-corrected chi connectivity index (χ1v) is 9.42. The Morgan fingerprint density at radius 2 is 2.00 bits per heavy atom. The van der Waals surface area contributed by atoms with Gasteiger partial charge in [-0.3, -0.25) is 4.90 Å². The lowest BCUT2D eigenvalue weighted by molar-refractivity contribution is 0.235. The number of hydrogen-bond acceptors (Lipinski definition) is 3. The quantitative estimate of drug-likeness (QED) is 0.683. The molecule has 130 valence electrons. The second-order valence-electron chi connectivity index (χ2n) is 5.78. The van der Waals surface area contributed by atoms with Crippen molar-refractivity contribution in [1.82, 2.24) is 4.90 Å². The Balaban J connectivity index is 1.82. The Hall–Kier alpha value is -1.69. The number of carbonyl (C=O) groups excluding carboxylic acids is 1. The van der Waals surface area contributed by atoms with E-state index in [2.05, 4.69) is 17.2 Å². The molecular formula is C18H17Cl2N3OS. The second kappa shape index (κ2) is 7.68. The molecule has 25 heavy (non-hydrogen) atoms. The summed E-state index contributed by atoms with van der Waals surface area (Å²) in [4.78, 5) is 19.0. The average molecular weight is 394 g/mol. The molecule has 0 spiro atoms. The van der Waals surface area contributed by atoms with E-state index in [-0.39, 0.29) is 11.3 Å². The second-order valence-corrected chi connectivity index (χ2v) is 8.00. The van der Waals surface area contributed by atoms with Gasteiger partial charge in [-0.05, 0) is 36.8 Å². The summed E-state index contributed by atoms with van der Waals surface area (Å²) >= 11 is 13.5. The Bertz CT molecular complexity index is 841. The molecule has 0 radical (unpaired) electrons. The molecule has 0 aliphatic carbocycles. The summed E-state index contributed by atoms with van der Waals surface area (Å²) in [6.45, 7) is 4.68. The standard InChI is InChI=1S/C18H17Cl2N3OS/c1-11-5-3-4-6-16(11)22-18-23(10-12(2)25-18)17(24)21-13-7-8-14(19)15(20)9-13/h3-9,12H,10H2,1-2H3,(H,21,24)/t12-/m1/s1. The van der Waals surface area contributed by atoms with E-state index in [1.165, 1.54) is 0 Å². The first kappa shape index (κ1) is 18.1. The highest BCUT2D eigenvalue weighted by Crippen LogP contribution is 2.30. The van der Waals surface area contributed by atoms with Gasteiger partial charge in [0.25, 0.3) is 0 Å². The number of amides is 2. The number of hydrogen-bond donors (Lipinski definition) is 1. The molecule has 0 bridgehead atoms. The van der Waals surface area contributed by atoms with Crippen molar-refractivity contribution in [3.8, 4) is 0 Å². The lowest BCUT2D eigenvalue weighted by Crippen LogP contribution is -2.36. The highest BCUT2D eigenvalue weighted by molar-refractivity contribution is 8.14. The number of carbonyl (C=O) groups is 1. The minimum atomic E-state index is -0.234. The van der Waals surface area contributed by atoms with Gasteiger partial charge in [0.15, 0.2) is 5.17 Å². The Kier molecular flexibility index (Phi) is 5.57. The van der Waals surface area contributed by atoms with Gasteiger partial charge in [-0.2, -0.15) is 0 Å². The maximum atomic E-state index is 12.7. The number of para-hydroxylation sites is 1. The van der Waals surface area contributed by atoms with Crippen molar-refractivity contribution < 1.29 is 4.79 Å². The molecule has 2 amide bonds. The van der Waals surface area contributed by atoms with Gasteiger partial charge in [-0.25, -0.2) is 9.79 Å². The maximum Gasteiger partial charge on any atom is 0.327 e. The van der Waals surface area contributed by atoms with E-state index >= 15 is 0 Å². The van der Waals surface area contributed by atoms with Gasteiger partial charge in [0, 0.05) is 17.5 Å². The summed E-state index contributed by atoms with van der Waals surface area (Å²) in [5, 5.41) is 4.68. The van der Waals surface area contributed by atoms with Crippen LogP contribution in [0.4, 0.5) is 16.2 Å². The molecule has 2 aromatic carbocycles. The summed E-state index contributed by atoms with van der Waals surface area (Å²) < 4.78 is 0. The van der Waals surface area contributed by atoms with Crippen molar-refractivity contribution >= 4 is 57.5 Å². The van der Waals surface area contributed by atoms with E-state index in [4.69, 9.17) is 23.2 Å². The van der Waals surface area contributed by atoms with Crippen molar-refractivity contribution in [3.05, 3.63) is 58.1 Å². The van der Waals surface area contributed by atoms with Crippen LogP contribution in [0.1, 0.15) is 12.5 Å². The molecule has 1 heterocycles. The van der Waals surface area contributed by atoms with Crippen LogP contribution in [-0.4, -0.2) is 27.9 Å². The van der Waals surface area contributed by atoms with E-state index in [0.29, 0.717) is 27.4 Å². The predicted molar refractivity (Wildman–Crippen MR) is 108 cm³/mol. The zero-order chi connectivity index (χ0) is 18.0. The topological polar surface area (TPSA) is 44.7 Å². The monoisotopic (exact) mass is 393 g/mol. The van der Waals surface area contributed by atoms with Gasteiger partial charge in [0.1, 0.15) is 0 Å². The van der Waals surface area contributed by atoms with Gasteiger partial charge in [-0.15, -0.1) is 0 Å². The number of amidine groups is 1. The number of anilines is 1. The number of thioether (sulfide) groups is 1. The molecule has 1 N–H and O–H groups in total. The fraction of sp³-hybridized carbons (Fsp3) is 0.222. The molecule has 4 nitrogen and oxygen atoms in total. The lowest BCUT2D eigenvalue weighted by atomic mass is 10.2. The van der Waals surface area contributed by atoms with Crippen LogP contribution in [0.2, 0.25) is 10.0 Å². The lowest BCUT2D eigenvalue weighted by Gasteiger charge is -2.17. The van der Waals surface area contributed by atoms with Crippen LogP contribution < -0.4 is 5.32 Å². The molecule has 1 fully saturated rings. The number of urea groups is 1. The van der Waals surface area contributed by atoms with Crippen molar-refractivity contribution in [3.63, 3.8) is 0 Å². The number of halogens is 2. The number of nitrogens with one attached hydrogen (secondary N) is 1. The number of aryl methyl sites for hydroxylation is 1. The molecule has 2 aromatic rings. The highest BCUT2D eigenvalue weighted by Gasteiger charge is 2.31. The fourth-order valence-electron chi connectivity index (χ4n) is 2.43. The summed E-state index contributed by atoms with van der Waals surface area (Å²) in [5.41, 5.74) is 2.53. The minimum absolute atomic E-state index is 0.234. The fourth-order valence-corrected chi connectivity index (χ4v) is 3.75. The molecular weight excluding hydrogens is 377 g/mol. The summed E-state index contributed by atoms with van der Waals surface area (Å²) in [6.07, 6.45) is 0. The van der Waals surface area contributed by atoms with Crippen LogP contribution >= 0.6 is 35.0 Å². The van der Waals surface area contributed by atoms with E-state index in [1.807, 2.05) is 31.2 Å². The molecule has 1 aliphatic rings. The first-order chi connectivity index (χ1) is 11.9. The Morgan fingerprint density at radius 3 is 2.72 bits per heavy atom. The van der Waals surface area contributed by atoms with Crippen molar-refractivity contribution in [1.29, 1.82) is 0 Å². The molecule has 0 saturated carbocycles. The summed E-state index contributed by atoms with van der Waals surface area (Å²) in [5.74, 6) is 0. The highest BCUT2D eigenvalue weighted by atomic mass is 35.5. The average Bonchev–Trinajstić information content (AvgIpc) is 2.94. The minimum Gasteiger partial charge on any atom is -0.307 e. The molecule has 3 rings (SSSR count). The van der Waals surface area contributed by atoms with E-state index in [0.717, 1.165) is 11.3 Å². The van der Waals surface area contributed by atoms with Crippen LogP contribution in [0.3, 0.4) is 0 Å². The molecule has 1 atom stereocenters. The SMILES string of the molecule is Cc1ccccc1N=C1S[C@H](C)CN1C(=O)Nc1ccc(Cl)c(Cl)c1. The van der Waals surface area contributed by atoms with Crippen LogP contribution in [0.25, 0.3) is 0 Å². The third-order valence-corrected chi connectivity index (χ3v) is 5.54. The molecule has 1 saturated heterocycles. The van der Waals surface area contributed by atoms with E-state index < -0.39 is 0 Å². The Morgan fingerprint density at radius 1 is 1.24 bits per heavy atom. The predicted octanol–water partition coefficient (Wildman–Crippen LogP) is 5.96. The largest absolute Gasteiger partial charge is 0.327 e. The number of aliphatic imine (C=N–C) groups is 1. The zero-order valence-electron chi connectivity index (χ0n) is 13.8. The third kappa shape index (κ3) is 4.29. The smallest absolute Gasteiger partial charge is 0.307 e. The van der Waals surface area contributed by atoms with Crippen molar-refractivity contribution in [2.24, 2.45) is 4.99 Å². The van der Waals surface area contributed by atoms with Gasteiger partial charge < -0.3 is 5.32 Å². The van der Waals surface area contributed by atoms with Gasteiger partial charge in [0.05, 0.1) is 15.7 Å². The maximum absolute atomic E-state index is 12.7. The van der Waals surface area contributed by atoms with E-state index in [1.54, 1.807) is 34.9 Å². The van der Waals surface area contributed by atoms with Gasteiger partial charge in [0.2, 0.25) is 0 Å². The van der Waals surface area contributed by atoms with Crippen LogP contribution in [-0.2, 0) is 0 Å². The van der Waals surface area contributed by atoms with Crippen LogP contribution in [0, 0.1) is 6.92 Å². The van der Waals surface area contributed by atoms with E-state index in [9.17, 15) is 4.79 Å². The normalized spacial score (nSPS) is 18.6. The zero-order valence-corrected chi connectivity index (χ0v) is 16.1. The van der Waals surface area contributed by atoms with Gasteiger partial charge in [-0.1, -0.05) is 60.1 Å². The third-order valence-electron chi connectivity index (χ3n) is 3.72. The molecule has 1 aliphatic heterocycles. The van der Waals surface area contributed by atoms with Crippen molar-refractivity contribution in [2.75, 3.05) is 11.9 Å². The van der Waals surface area contributed by atoms with Crippen LogP contribution in [0.5, 0.6) is 0 Å². The number of benzene rings is 2. The summed E-state index contributed by atoms with van der Waals surface area (Å²) in [7, 11) is 0.